The van der Waals surface area contributed by atoms with Crippen LogP contribution in [0.1, 0.15) is 103 Å². The summed E-state index contributed by atoms with van der Waals surface area (Å²) in [4.78, 5) is 35.1. The number of carbonyl (C=O) groups is 3. The fourth-order valence-electron chi connectivity index (χ4n) is 3.68. The van der Waals surface area contributed by atoms with Gasteiger partial charge in [0.2, 0.25) is 5.91 Å². The molecule has 0 aromatic rings. The van der Waals surface area contributed by atoms with E-state index < -0.39 is 36.6 Å². The molecular formula is C25H47NO8. The molecule has 0 saturated carbocycles. The minimum Gasteiger partial charge on any atom is -0.480 e. The second kappa shape index (κ2) is 23.1. The summed E-state index contributed by atoms with van der Waals surface area (Å²) in [7, 11) is 0. The van der Waals surface area contributed by atoms with Gasteiger partial charge in [0.05, 0.1) is 26.2 Å². The van der Waals surface area contributed by atoms with E-state index in [0.29, 0.717) is 6.42 Å². The average Bonchev–Trinajstić information content (AvgIpc) is 2.80. The summed E-state index contributed by atoms with van der Waals surface area (Å²) in [5, 5.41) is 29.0. The second-order valence-electron chi connectivity index (χ2n) is 8.76. The largest absolute Gasteiger partial charge is 0.480 e. The third-order valence-corrected chi connectivity index (χ3v) is 5.61. The maximum absolute atomic E-state index is 12.2. The van der Waals surface area contributed by atoms with Crippen molar-refractivity contribution in [3.63, 3.8) is 0 Å². The molecular weight excluding hydrogens is 442 g/mol. The van der Waals surface area contributed by atoms with Gasteiger partial charge in [-0.15, -0.1) is 0 Å². The van der Waals surface area contributed by atoms with Crippen LogP contribution in [0.5, 0.6) is 0 Å². The Bertz CT molecular complexity index is 529. The normalized spacial score (nSPS) is 12.8. The Morgan fingerprint density at radius 3 is 1.82 bits per heavy atom. The Balaban J connectivity index is 4.18. The summed E-state index contributed by atoms with van der Waals surface area (Å²) >= 11 is 0. The van der Waals surface area contributed by atoms with E-state index in [9.17, 15) is 14.4 Å². The Kier molecular flexibility index (Phi) is 21.9. The maximum Gasteiger partial charge on any atom is 0.332 e. The molecule has 1 unspecified atom stereocenters. The van der Waals surface area contributed by atoms with Crippen molar-refractivity contribution in [3.05, 3.63) is 0 Å². The molecule has 0 aromatic heterocycles. The number of unbranched alkanes of at least 4 members (excludes halogenated alkanes) is 12. The summed E-state index contributed by atoms with van der Waals surface area (Å²) < 4.78 is 10.3. The second-order valence-corrected chi connectivity index (χ2v) is 8.76. The predicted octanol–water partition coefficient (Wildman–Crippen LogP) is 3.34. The SMILES string of the molecule is CCCCCCCCCCCCCCCC(CC(=O)N[C@@H](CO)C(=O)O)OC(=O)COCCO. The van der Waals surface area contributed by atoms with Gasteiger partial charge in [0.25, 0.3) is 0 Å². The van der Waals surface area contributed by atoms with Crippen LogP contribution < -0.4 is 5.32 Å². The molecule has 0 aromatic carbocycles. The third-order valence-electron chi connectivity index (χ3n) is 5.61. The molecule has 0 aliphatic heterocycles. The number of esters is 1. The third kappa shape index (κ3) is 19.7. The lowest BCUT2D eigenvalue weighted by Crippen LogP contribution is -2.44. The number of aliphatic hydroxyl groups is 2. The minimum absolute atomic E-state index is 0.00982. The van der Waals surface area contributed by atoms with Crippen LogP contribution in [0.25, 0.3) is 0 Å². The molecule has 0 saturated heterocycles. The van der Waals surface area contributed by atoms with E-state index in [0.717, 1.165) is 25.7 Å². The topological polar surface area (TPSA) is 142 Å². The predicted molar refractivity (Wildman–Crippen MR) is 129 cm³/mol. The number of carbonyl (C=O) groups excluding carboxylic acids is 2. The van der Waals surface area contributed by atoms with Crippen molar-refractivity contribution in [2.45, 2.75) is 115 Å². The van der Waals surface area contributed by atoms with Gasteiger partial charge in [0.1, 0.15) is 18.8 Å². The van der Waals surface area contributed by atoms with Gasteiger partial charge in [0, 0.05) is 0 Å². The van der Waals surface area contributed by atoms with Gasteiger partial charge >= 0.3 is 11.9 Å². The summed E-state index contributed by atoms with van der Waals surface area (Å²) in [6, 6.07) is -1.40. The highest BCUT2D eigenvalue weighted by atomic mass is 16.6. The van der Waals surface area contributed by atoms with E-state index in [1.54, 1.807) is 0 Å². The monoisotopic (exact) mass is 489 g/mol. The first kappa shape index (κ1) is 32.3. The molecule has 2 atom stereocenters. The number of carboxylic acids is 1. The van der Waals surface area contributed by atoms with Crippen LogP contribution in [0.4, 0.5) is 0 Å². The Morgan fingerprint density at radius 1 is 0.824 bits per heavy atom. The fraction of sp³-hybridized carbons (Fsp3) is 0.880. The number of amides is 1. The van der Waals surface area contributed by atoms with Crippen molar-refractivity contribution in [2.75, 3.05) is 26.4 Å². The molecule has 4 N–H and O–H groups in total. The van der Waals surface area contributed by atoms with Crippen LogP contribution >= 0.6 is 0 Å². The molecule has 0 heterocycles. The van der Waals surface area contributed by atoms with Gasteiger partial charge in [-0.3, -0.25) is 4.79 Å². The van der Waals surface area contributed by atoms with E-state index in [-0.39, 0.29) is 26.2 Å². The Morgan fingerprint density at radius 2 is 1.35 bits per heavy atom. The number of rotatable bonds is 24. The first-order chi connectivity index (χ1) is 16.4. The quantitative estimate of drug-likeness (QED) is 0.119. The van der Waals surface area contributed by atoms with Gasteiger partial charge in [-0.1, -0.05) is 84.0 Å². The highest BCUT2D eigenvalue weighted by Crippen LogP contribution is 2.15. The number of ether oxygens (including phenoxy) is 2. The zero-order valence-corrected chi connectivity index (χ0v) is 21.0. The number of nitrogens with one attached hydrogen (secondary N) is 1. The van der Waals surface area contributed by atoms with Crippen molar-refractivity contribution >= 4 is 17.8 Å². The maximum atomic E-state index is 12.2. The lowest BCUT2D eigenvalue weighted by Gasteiger charge is -2.19. The average molecular weight is 490 g/mol. The molecule has 0 spiro atoms. The lowest BCUT2D eigenvalue weighted by molar-refractivity contribution is -0.156. The molecule has 0 aliphatic rings. The Labute approximate surface area is 204 Å². The molecule has 9 nitrogen and oxygen atoms in total. The first-order valence-corrected chi connectivity index (χ1v) is 13.0. The molecule has 0 radical (unpaired) electrons. The van der Waals surface area contributed by atoms with Crippen LogP contribution in [0, 0.1) is 0 Å². The molecule has 0 fully saturated rings. The van der Waals surface area contributed by atoms with Crippen LogP contribution in [0.2, 0.25) is 0 Å². The van der Waals surface area contributed by atoms with Crippen molar-refractivity contribution in [1.82, 2.24) is 5.32 Å². The molecule has 0 rings (SSSR count). The molecule has 9 heteroatoms. The standard InChI is InChI=1S/C25H47NO8/c1-2-3-4-5-6-7-8-9-10-11-12-13-14-15-21(34-24(30)20-33-17-16-27)18-23(29)26-22(19-28)25(31)32/h21-22,27-28H,2-20H2,1H3,(H,26,29)(H,31,32)/t21?,22-/m0/s1. The van der Waals surface area contributed by atoms with E-state index in [4.69, 9.17) is 24.8 Å². The summed E-state index contributed by atoms with van der Waals surface area (Å²) in [6.45, 7) is 0.978. The zero-order valence-electron chi connectivity index (χ0n) is 21.0. The van der Waals surface area contributed by atoms with Crippen LogP contribution in [0.3, 0.4) is 0 Å². The minimum atomic E-state index is -1.40. The lowest BCUT2D eigenvalue weighted by atomic mass is 10.0. The number of carboxylic acid groups (broad SMARTS) is 1. The smallest absolute Gasteiger partial charge is 0.332 e. The van der Waals surface area contributed by atoms with Crippen LogP contribution in [-0.4, -0.2) is 71.7 Å². The van der Waals surface area contributed by atoms with Gasteiger partial charge in [0.15, 0.2) is 0 Å². The van der Waals surface area contributed by atoms with Crippen molar-refractivity contribution in [3.8, 4) is 0 Å². The molecule has 1 amide bonds. The molecule has 0 aliphatic carbocycles. The highest BCUT2D eigenvalue weighted by Gasteiger charge is 2.23. The van der Waals surface area contributed by atoms with Crippen molar-refractivity contribution < 1.29 is 39.2 Å². The number of aliphatic hydroxyl groups excluding tert-OH is 2. The molecule has 200 valence electrons. The highest BCUT2D eigenvalue weighted by molar-refractivity contribution is 5.84. The summed E-state index contributed by atoms with van der Waals surface area (Å²) in [5.41, 5.74) is 0. The van der Waals surface area contributed by atoms with Gasteiger partial charge in [-0.05, 0) is 12.8 Å². The number of aliphatic carboxylic acids is 1. The van der Waals surface area contributed by atoms with E-state index in [1.165, 1.54) is 57.8 Å². The summed E-state index contributed by atoms with van der Waals surface area (Å²) in [6.07, 6.45) is 15.3. The van der Waals surface area contributed by atoms with Crippen LogP contribution in [-0.2, 0) is 23.9 Å². The fourth-order valence-corrected chi connectivity index (χ4v) is 3.68. The molecule has 0 bridgehead atoms. The Hall–Kier alpha value is -1.71. The van der Waals surface area contributed by atoms with Gasteiger partial charge < -0.3 is 30.1 Å². The molecule has 34 heavy (non-hydrogen) atoms. The zero-order chi connectivity index (χ0) is 25.4. The summed E-state index contributed by atoms with van der Waals surface area (Å²) in [5.74, 6) is -2.58. The number of hydrogen-bond acceptors (Lipinski definition) is 7. The van der Waals surface area contributed by atoms with E-state index in [2.05, 4.69) is 12.2 Å². The first-order valence-electron chi connectivity index (χ1n) is 13.0. The van der Waals surface area contributed by atoms with Crippen molar-refractivity contribution in [2.24, 2.45) is 0 Å². The van der Waals surface area contributed by atoms with Crippen molar-refractivity contribution in [1.29, 1.82) is 0 Å². The van der Waals surface area contributed by atoms with Gasteiger partial charge in [-0.2, -0.15) is 0 Å². The van der Waals surface area contributed by atoms with E-state index in [1.807, 2.05) is 0 Å². The number of hydrogen-bond donors (Lipinski definition) is 4. The van der Waals surface area contributed by atoms with Gasteiger partial charge in [-0.25, -0.2) is 9.59 Å². The van der Waals surface area contributed by atoms with E-state index >= 15 is 0 Å². The van der Waals surface area contributed by atoms with Crippen LogP contribution in [0.15, 0.2) is 0 Å².